The largest absolute Gasteiger partial charge is 0.397 e. The van der Waals surface area contributed by atoms with E-state index in [4.69, 9.17) is 11.5 Å². The van der Waals surface area contributed by atoms with Crippen LogP contribution in [0.2, 0.25) is 0 Å². The number of hydrogen-bond acceptors (Lipinski definition) is 13. The molecule has 9 rings (SSSR count). The first-order chi connectivity index (χ1) is 25.2. The van der Waals surface area contributed by atoms with Crippen LogP contribution in [-0.4, -0.2) is 81.2 Å². The summed E-state index contributed by atoms with van der Waals surface area (Å²) >= 11 is 0. The molecule has 6 aliphatic rings. The highest BCUT2D eigenvalue weighted by Crippen LogP contribution is 2.26. The monoisotopic (exact) mass is 715 g/mol. The first kappa shape index (κ1) is 39.7. The highest BCUT2D eigenvalue weighted by molar-refractivity contribution is 6.00. The highest BCUT2D eigenvalue weighted by Gasteiger charge is 2.18. The molecule has 0 saturated carbocycles. The second-order valence-corrected chi connectivity index (χ2v) is 13.0. The van der Waals surface area contributed by atoms with E-state index in [-0.39, 0.29) is 29.6 Å². The molecule has 14 nitrogen and oxygen atoms in total. The van der Waals surface area contributed by atoms with Gasteiger partial charge in [-0.1, -0.05) is 12.8 Å². The number of nitrogens with zero attached hydrogens (tertiary/aromatic N) is 1. The highest BCUT2D eigenvalue weighted by atomic mass is 16.6. The van der Waals surface area contributed by atoms with Crippen LogP contribution in [0.5, 0.6) is 0 Å². The molecule has 10 N–H and O–H groups in total. The molecule has 0 unspecified atom stereocenters. The summed E-state index contributed by atoms with van der Waals surface area (Å²) in [6.45, 7) is 6.14. The van der Waals surface area contributed by atoms with Gasteiger partial charge in [0.05, 0.1) is 47.3 Å². The predicted octanol–water partition coefficient (Wildman–Crippen LogP) is 4.85. The molecule has 0 fully saturated rings. The maximum Gasteiger partial charge on any atom is 0.293 e. The van der Waals surface area contributed by atoms with E-state index < -0.39 is 4.92 Å². The van der Waals surface area contributed by atoms with E-state index >= 15 is 0 Å². The standard InChI is InChI=1S/C14H21N3O.C12H15N3O3.C12H17N3O/c15-12-9-11-5-6-13(12)17-8-4-2-1-3-7-16-10-14(11)18;16-12-8-13-5-1-2-6-14-10-4-3-9(12)7-11(10)15(17)18;13-10-7-9-3-4-11(10)15-6-2-1-5-14-8-12(9)16/h5-6,9,16-17H,1-4,7-8,10,15H2;3-4,7,13-14H,1-2,5-6,8H2;3-4,7,14-15H,1-2,5-6,8,13H2. The van der Waals surface area contributed by atoms with Gasteiger partial charge in [0, 0.05) is 42.4 Å². The second kappa shape index (κ2) is 21.3. The van der Waals surface area contributed by atoms with Crippen molar-refractivity contribution in [3.05, 3.63) is 81.4 Å². The zero-order chi connectivity index (χ0) is 37.1. The summed E-state index contributed by atoms with van der Waals surface area (Å²) < 4.78 is 0. The van der Waals surface area contributed by atoms with Crippen LogP contribution < -0.4 is 43.4 Å². The van der Waals surface area contributed by atoms with Gasteiger partial charge in [-0.3, -0.25) is 24.5 Å². The van der Waals surface area contributed by atoms with Crippen molar-refractivity contribution in [2.45, 2.75) is 51.4 Å². The van der Waals surface area contributed by atoms with Crippen LogP contribution in [0.3, 0.4) is 0 Å². The number of nitro benzene ring substituents is 1. The Hall–Kier alpha value is -5.05. The van der Waals surface area contributed by atoms with Crippen LogP contribution in [0.25, 0.3) is 0 Å². The molecule has 0 spiro atoms. The van der Waals surface area contributed by atoms with Crippen LogP contribution in [-0.2, 0) is 0 Å². The lowest BCUT2D eigenvalue weighted by Crippen LogP contribution is -2.25. The number of benzene rings is 3. The van der Waals surface area contributed by atoms with E-state index in [0.29, 0.717) is 53.4 Å². The van der Waals surface area contributed by atoms with Gasteiger partial charge in [0.25, 0.3) is 5.69 Å². The number of nitrogen functional groups attached to an aromatic ring is 2. The van der Waals surface area contributed by atoms with Gasteiger partial charge in [-0.25, -0.2) is 0 Å². The molecule has 0 aromatic heterocycles. The minimum atomic E-state index is -0.460. The lowest BCUT2D eigenvalue weighted by Gasteiger charge is -2.12. The van der Waals surface area contributed by atoms with E-state index in [9.17, 15) is 24.5 Å². The Morgan fingerprint density at radius 1 is 0.481 bits per heavy atom. The molecule has 280 valence electrons. The van der Waals surface area contributed by atoms with Gasteiger partial charge < -0.3 is 43.4 Å². The van der Waals surface area contributed by atoms with Crippen molar-refractivity contribution in [3.63, 3.8) is 0 Å². The van der Waals surface area contributed by atoms with Gasteiger partial charge in [-0.2, -0.15) is 0 Å². The van der Waals surface area contributed by atoms with Crippen molar-refractivity contribution in [2.24, 2.45) is 0 Å². The average Bonchev–Trinajstić information content (AvgIpc) is 3.13. The number of ketones is 3. The van der Waals surface area contributed by atoms with Crippen molar-refractivity contribution in [1.29, 1.82) is 0 Å². The summed E-state index contributed by atoms with van der Waals surface area (Å²) in [7, 11) is 0. The van der Waals surface area contributed by atoms with Crippen LogP contribution in [0, 0.1) is 10.1 Å². The molecule has 0 aliphatic carbocycles. The molecule has 3 aromatic carbocycles. The number of anilines is 5. The Kier molecular flexibility index (Phi) is 16.3. The summed E-state index contributed by atoms with van der Waals surface area (Å²) in [5.41, 5.74) is 17.1. The van der Waals surface area contributed by atoms with Crippen molar-refractivity contribution in [1.82, 2.24) is 16.0 Å². The van der Waals surface area contributed by atoms with Gasteiger partial charge in [-0.15, -0.1) is 0 Å². The number of nitro groups is 1. The molecule has 0 radical (unpaired) electrons. The van der Waals surface area contributed by atoms with Gasteiger partial charge in [-0.05, 0) is 107 Å². The summed E-state index contributed by atoms with van der Waals surface area (Å²) in [6, 6.07) is 15.5. The predicted molar refractivity (Wildman–Crippen MR) is 209 cm³/mol. The first-order valence-corrected chi connectivity index (χ1v) is 18.2. The van der Waals surface area contributed by atoms with E-state index in [1.165, 1.54) is 18.9 Å². The smallest absolute Gasteiger partial charge is 0.293 e. The first-order valence-electron chi connectivity index (χ1n) is 18.2. The molecule has 0 amide bonds. The Morgan fingerprint density at radius 3 is 1.25 bits per heavy atom. The van der Waals surface area contributed by atoms with Crippen molar-refractivity contribution >= 4 is 51.5 Å². The Balaban J connectivity index is 0.000000175. The van der Waals surface area contributed by atoms with E-state index in [0.717, 1.165) is 82.6 Å². The van der Waals surface area contributed by atoms with E-state index in [1.54, 1.807) is 24.3 Å². The zero-order valence-electron chi connectivity index (χ0n) is 29.9. The van der Waals surface area contributed by atoms with Crippen LogP contribution in [0.1, 0.15) is 82.4 Å². The molecule has 0 saturated heterocycles. The van der Waals surface area contributed by atoms with Crippen molar-refractivity contribution in [3.8, 4) is 0 Å². The van der Waals surface area contributed by atoms with Crippen molar-refractivity contribution < 1.29 is 19.3 Å². The molecule has 3 aromatic rings. The van der Waals surface area contributed by atoms with Crippen LogP contribution in [0.4, 0.5) is 34.1 Å². The number of rotatable bonds is 1. The number of nitrogens with one attached hydrogen (secondary N) is 6. The summed E-state index contributed by atoms with van der Waals surface area (Å²) in [6.07, 6.45) is 8.67. The third-order valence-corrected chi connectivity index (χ3v) is 8.91. The minimum Gasteiger partial charge on any atom is -0.397 e. The van der Waals surface area contributed by atoms with Crippen LogP contribution >= 0.6 is 0 Å². The third-order valence-electron chi connectivity index (χ3n) is 8.91. The van der Waals surface area contributed by atoms with Crippen LogP contribution in [0.15, 0.2) is 54.6 Å². The van der Waals surface area contributed by atoms with Crippen molar-refractivity contribution in [2.75, 3.05) is 86.3 Å². The maximum absolute atomic E-state index is 11.9. The van der Waals surface area contributed by atoms with E-state index in [1.807, 2.05) is 24.3 Å². The second-order valence-electron chi connectivity index (χ2n) is 13.0. The maximum atomic E-state index is 11.9. The molecule has 6 bridgehead atoms. The lowest BCUT2D eigenvalue weighted by molar-refractivity contribution is -0.384. The third kappa shape index (κ3) is 12.9. The normalized spacial score (nSPS) is 17.3. The summed E-state index contributed by atoms with van der Waals surface area (Å²) in [5, 5.41) is 30.0. The number of carbonyl (C=O) groups excluding carboxylic acids is 3. The number of carbonyl (C=O) groups is 3. The van der Waals surface area contributed by atoms with Gasteiger partial charge in [0.2, 0.25) is 0 Å². The fraction of sp³-hybridized carbons (Fsp3) is 0.447. The molecular formula is C38H53N9O5. The topological polar surface area (TPSA) is 219 Å². The lowest BCUT2D eigenvalue weighted by atomic mass is 10.1. The Bertz CT molecular complexity index is 1670. The molecule has 14 heteroatoms. The van der Waals surface area contributed by atoms with Gasteiger partial charge >= 0.3 is 0 Å². The summed E-state index contributed by atoms with van der Waals surface area (Å²) in [4.78, 5) is 46.0. The molecular weight excluding hydrogens is 662 g/mol. The van der Waals surface area contributed by atoms with Gasteiger partial charge in [0.15, 0.2) is 17.3 Å². The minimum absolute atomic E-state index is 0.0403. The Labute approximate surface area is 305 Å². The van der Waals surface area contributed by atoms with Gasteiger partial charge in [0.1, 0.15) is 5.69 Å². The van der Waals surface area contributed by atoms with E-state index in [2.05, 4.69) is 31.9 Å². The zero-order valence-corrected chi connectivity index (χ0v) is 29.9. The fourth-order valence-electron chi connectivity index (χ4n) is 5.86. The SMILES string of the molecule is Nc1cc2ccc1NCCCCCCNCC2=O.Nc1cc2ccc1NCCCCNCC2=O.O=C1CNCCCCNc2ccc1cc2[N+](=O)[O-]. The molecule has 6 heterocycles. The quantitative estimate of drug-likeness (QED) is 0.0962. The molecule has 0 atom stereocenters. The summed E-state index contributed by atoms with van der Waals surface area (Å²) in [5.74, 6) is 0.0781. The fourth-order valence-corrected chi connectivity index (χ4v) is 5.86. The number of fused-ring (bicyclic) bond motifs is 29. The number of nitrogens with two attached hydrogens (primary N) is 2. The number of Topliss-reactive ketones (excluding diaryl/α,β-unsaturated/α-hetero) is 3. The molecule has 52 heavy (non-hydrogen) atoms. The number of hydrogen-bond donors (Lipinski definition) is 8. The molecule has 6 aliphatic heterocycles. The average molecular weight is 716 g/mol. The Morgan fingerprint density at radius 2 is 0.827 bits per heavy atom.